The van der Waals surface area contributed by atoms with Crippen LogP contribution in [0.1, 0.15) is 26.7 Å². The molecule has 0 spiro atoms. The minimum absolute atomic E-state index is 0.192. The Morgan fingerprint density at radius 2 is 2.00 bits per heavy atom. The van der Waals surface area contributed by atoms with Gasteiger partial charge in [0.25, 0.3) is 0 Å². The fraction of sp³-hybridized carbons (Fsp3) is 0.900. The molecule has 0 amide bonds. The largest absolute Gasteiger partial charge is 0.480 e. The van der Waals surface area contributed by atoms with Gasteiger partial charge in [0, 0.05) is 0 Å². The van der Waals surface area contributed by atoms with Crippen LogP contribution in [0.5, 0.6) is 0 Å². The van der Waals surface area contributed by atoms with E-state index in [4.69, 9.17) is 5.11 Å². The summed E-state index contributed by atoms with van der Waals surface area (Å²) in [5.41, 5.74) is -1.37. The van der Waals surface area contributed by atoms with Crippen molar-refractivity contribution in [1.82, 2.24) is 5.32 Å². The maximum atomic E-state index is 12.0. The van der Waals surface area contributed by atoms with Gasteiger partial charge >= 0.3 is 12.1 Å². The number of halogens is 3. The van der Waals surface area contributed by atoms with E-state index < -0.39 is 24.2 Å². The van der Waals surface area contributed by atoms with Gasteiger partial charge in [0.15, 0.2) is 0 Å². The summed E-state index contributed by atoms with van der Waals surface area (Å²) in [5, 5.41) is 11.1. The van der Waals surface area contributed by atoms with Crippen molar-refractivity contribution in [2.45, 2.75) is 38.4 Å². The number of rotatable bonds is 4. The van der Waals surface area contributed by atoms with Crippen LogP contribution >= 0.6 is 0 Å². The summed E-state index contributed by atoms with van der Waals surface area (Å²) in [7, 11) is 0. The number of carboxylic acids is 1. The van der Waals surface area contributed by atoms with Crippen LogP contribution in [0.4, 0.5) is 13.2 Å². The van der Waals surface area contributed by atoms with Gasteiger partial charge < -0.3 is 5.11 Å². The maximum absolute atomic E-state index is 12.0. The molecule has 1 rings (SSSR count). The first-order valence-electron chi connectivity index (χ1n) is 5.21. The lowest BCUT2D eigenvalue weighted by Crippen LogP contribution is -2.63. The molecule has 0 heterocycles. The molecule has 2 N–H and O–H groups in total. The number of aliphatic carboxylic acids is 1. The van der Waals surface area contributed by atoms with Crippen LogP contribution in [0.25, 0.3) is 0 Å². The maximum Gasteiger partial charge on any atom is 0.401 e. The minimum atomic E-state index is -4.37. The molecule has 0 atom stereocenters. The summed E-state index contributed by atoms with van der Waals surface area (Å²) in [5.74, 6) is -0.689. The van der Waals surface area contributed by atoms with Crippen molar-refractivity contribution in [3.63, 3.8) is 0 Å². The smallest absolute Gasteiger partial charge is 0.401 e. The van der Waals surface area contributed by atoms with Crippen molar-refractivity contribution in [2.24, 2.45) is 11.8 Å². The minimum Gasteiger partial charge on any atom is -0.480 e. The molecular formula is C10H16F3NO2. The lowest BCUT2D eigenvalue weighted by atomic mass is 9.64. The molecule has 0 aromatic heterocycles. The van der Waals surface area contributed by atoms with E-state index in [2.05, 4.69) is 5.32 Å². The SMILES string of the molecule is CC(C)C1CC(NCC(F)(F)F)(C(=O)O)C1. The van der Waals surface area contributed by atoms with Crippen molar-refractivity contribution in [2.75, 3.05) is 6.54 Å². The Morgan fingerprint density at radius 3 is 2.31 bits per heavy atom. The van der Waals surface area contributed by atoms with E-state index in [0.29, 0.717) is 5.92 Å². The Kier molecular flexibility index (Phi) is 3.52. The lowest BCUT2D eigenvalue weighted by Gasteiger charge is -2.47. The molecule has 16 heavy (non-hydrogen) atoms. The molecule has 6 heteroatoms. The van der Waals surface area contributed by atoms with Crippen LogP contribution in [0.15, 0.2) is 0 Å². The second kappa shape index (κ2) is 4.24. The third kappa shape index (κ3) is 2.87. The fourth-order valence-electron chi connectivity index (χ4n) is 1.97. The van der Waals surface area contributed by atoms with Crippen LogP contribution in [-0.2, 0) is 4.79 Å². The van der Waals surface area contributed by atoms with Crippen molar-refractivity contribution >= 4 is 5.97 Å². The number of carboxylic acid groups (broad SMARTS) is 1. The van der Waals surface area contributed by atoms with Gasteiger partial charge in [-0.15, -0.1) is 0 Å². The number of alkyl halides is 3. The van der Waals surface area contributed by atoms with Crippen LogP contribution in [-0.4, -0.2) is 29.3 Å². The Morgan fingerprint density at radius 1 is 1.50 bits per heavy atom. The second-order valence-corrected chi connectivity index (χ2v) is 4.77. The zero-order valence-corrected chi connectivity index (χ0v) is 9.27. The standard InChI is InChI=1S/C10H16F3NO2/c1-6(2)7-3-9(4-7,8(15)16)14-5-10(11,12)13/h6-7,14H,3-5H2,1-2H3,(H,15,16). The molecule has 0 radical (unpaired) electrons. The highest BCUT2D eigenvalue weighted by Crippen LogP contribution is 2.42. The summed E-state index contributed by atoms with van der Waals surface area (Å²) in [6, 6.07) is 0. The van der Waals surface area contributed by atoms with Crippen molar-refractivity contribution in [3.8, 4) is 0 Å². The molecule has 0 aromatic carbocycles. The molecule has 94 valence electrons. The molecule has 1 aliphatic rings. The molecule has 0 bridgehead atoms. The highest BCUT2D eigenvalue weighted by molar-refractivity contribution is 5.80. The Labute approximate surface area is 92.0 Å². The number of nitrogens with one attached hydrogen (secondary N) is 1. The van der Waals surface area contributed by atoms with E-state index in [9.17, 15) is 18.0 Å². The zero-order valence-electron chi connectivity index (χ0n) is 9.27. The topological polar surface area (TPSA) is 49.3 Å². The van der Waals surface area contributed by atoms with Gasteiger partial charge in [-0.3, -0.25) is 10.1 Å². The normalized spacial score (nSPS) is 30.2. The highest BCUT2D eigenvalue weighted by atomic mass is 19.4. The second-order valence-electron chi connectivity index (χ2n) is 4.77. The predicted molar refractivity (Wildman–Crippen MR) is 52.0 cm³/mol. The Balaban J connectivity index is 2.55. The summed E-state index contributed by atoms with van der Waals surface area (Å²) in [6.45, 7) is 2.64. The van der Waals surface area contributed by atoms with Gasteiger partial charge in [0.1, 0.15) is 5.54 Å². The van der Waals surface area contributed by atoms with Gasteiger partial charge in [0.05, 0.1) is 6.54 Å². The van der Waals surface area contributed by atoms with Crippen LogP contribution in [0.2, 0.25) is 0 Å². The molecule has 0 unspecified atom stereocenters. The van der Waals surface area contributed by atoms with Crippen LogP contribution in [0, 0.1) is 11.8 Å². The first-order chi connectivity index (χ1) is 7.16. The molecule has 0 aliphatic heterocycles. The van der Waals surface area contributed by atoms with Gasteiger partial charge in [-0.1, -0.05) is 13.8 Å². The Hall–Kier alpha value is -0.780. The molecule has 0 aromatic rings. The molecule has 3 nitrogen and oxygen atoms in total. The summed E-state index contributed by atoms with van der Waals surface area (Å²) >= 11 is 0. The quantitative estimate of drug-likeness (QED) is 0.789. The summed E-state index contributed by atoms with van der Waals surface area (Å²) in [4.78, 5) is 11.0. The van der Waals surface area contributed by atoms with Crippen LogP contribution in [0.3, 0.4) is 0 Å². The van der Waals surface area contributed by atoms with Gasteiger partial charge in [-0.25, -0.2) is 0 Å². The molecule has 1 aliphatic carbocycles. The average molecular weight is 239 g/mol. The first kappa shape index (κ1) is 13.3. The fourth-order valence-corrected chi connectivity index (χ4v) is 1.97. The first-order valence-corrected chi connectivity index (χ1v) is 5.21. The van der Waals surface area contributed by atoms with E-state index in [1.807, 2.05) is 13.8 Å². The van der Waals surface area contributed by atoms with Gasteiger partial charge in [-0.05, 0) is 24.7 Å². The summed E-state index contributed by atoms with van der Waals surface area (Å²) < 4.78 is 36.0. The van der Waals surface area contributed by atoms with Gasteiger partial charge in [0.2, 0.25) is 0 Å². The van der Waals surface area contributed by atoms with Gasteiger partial charge in [-0.2, -0.15) is 13.2 Å². The zero-order chi connectivity index (χ0) is 12.6. The number of carbonyl (C=O) groups is 1. The monoisotopic (exact) mass is 239 g/mol. The summed E-state index contributed by atoms with van der Waals surface area (Å²) in [6.07, 6.45) is -3.82. The third-order valence-corrected chi connectivity index (χ3v) is 3.20. The van der Waals surface area contributed by atoms with E-state index in [-0.39, 0.29) is 18.8 Å². The molecule has 1 fully saturated rings. The molecular weight excluding hydrogens is 223 g/mol. The molecule has 1 saturated carbocycles. The van der Waals surface area contributed by atoms with E-state index in [1.165, 1.54) is 0 Å². The lowest BCUT2D eigenvalue weighted by molar-refractivity contribution is -0.159. The number of hydrogen-bond donors (Lipinski definition) is 2. The molecule has 0 saturated heterocycles. The predicted octanol–water partition coefficient (Wildman–Crippen LogP) is 2.03. The number of hydrogen-bond acceptors (Lipinski definition) is 2. The van der Waals surface area contributed by atoms with Crippen LogP contribution < -0.4 is 5.32 Å². The van der Waals surface area contributed by atoms with Crippen molar-refractivity contribution in [1.29, 1.82) is 0 Å². The van der Waals surface area contributed by atoms with E-state index in [1.54, 1.807) is 0 Å². The van der Waals surface area contributed by atoms with E-state index >= 15 is 0 Å². The Bertz CT molecular complexity index is 270. The third-order valence-electron chi connectivity index (χ3n) is 3.20. The van der Waals surface area contributed by atoms with Crippen molar-refractivity contribution in [3.05, 3.63) is 0 Å². The average Bonchev–Trinajstić information content (AvgIpc) is 1.97. The highest BCUT2D eigenvalue weighted by Gasteiger charge is 2.52. The van der Waals surface area contributed by atoms with Crippen molar-refractivity contribution < 1.29 is 23.1 Å². The van der Waals surface area contributed by atoms with E-state index in [0.717, 1.165) is 0 Å².